The van der Waals surface area contributed by atoms with Gasteiger partial charge in [0, 0.05) is 6.07 Å². The van der Waals surface area contributed by atoms with Gasteiger partial charge >= 0.3 is 0 Å². The standard InChI is InChI=1S/C15H18N2O2/c1-10-4-6-12(16)14(8-10)17-13-7-5-11(18-2)9-15(13)19-3/h4-9,17H,16H2,1-3H3. The molecule has 2 aromatic carbocycles. The minimum Gasteiger partial charge on any atom is -0.497 e. The number of benzene rings is 2. The Kier molecular flexibility index (Phi) is 3.80. The Morgan fingerprint density at radius 3 is 2.42 bits per heavy atom. The second-order valence-electron chi connectivity index (χ2n) is 4.28. The van der Waals surface area contributed by atoms with Gasteiger partial charge in [-0.05, 0) is 36.8 Å². The summed E-state index contributed by atoms with van der Waals surface area (Å²) in [6, 6.07) is 11.5. The predicted octanol–water partition coefficient (Wildman–Crippen LogP) is 3.34. The van der Waals surface area contributed by atoms with Crippen molar-refractivity contribution in [2.24, 2.45) is 0 Å². The Morgan fingerprint density at radius 2 is 1.74 bits per heavy atom. The van der Waals surface area contributed by atoms with Gasteiger partial charge in [0.15, 0.2) is 0 Å². The molecule has 4 nitrogen and oxygen atoms in total. The maximum Gasteiger partial charge on any atom is 0.145 e. The van der Waals surface area contributed by atoms with E-state index in [0.717, 1.165) is 22.7 Å². The summed E-state index contributed by atoms with van der Waals surface area (Å²) in [4.78, 5) is 0. The van der Waals surface area contributed by atoms with Gasteiger partial charge in [0.1, 0.15) is 11.5 Å². The van der Waals surface area contributed by atoms with Crippen LogP contribution >= 0.6 is 0 Å². The van der Waals surface area contributed by atoms with Crippen LogP contribution in [-0.4, -0.2) is 14.2 Å². The fraction of sp³-hybridized carbons (Fsp3) is 0.200. The van der Waals surface area contributed by atoms with Gasteiger partial charge in [-0.3, -0.25) is 0 Å². The van der Waals surface area contributed by atoms with E-state index >= 15 is 0 Å². The Morgan fingerprint density at radius 1 is 0.947 bits per heavy atom. The van der Waals surface area contributed by atoms with Crippen LogP contribution in [0.4, 0.5) is 17.1 Å². The topological polar surface area (TPSA) is 56.5 Å². The molecule has 0 atom stereocenters. The Balaban J connectivity index is 2.35. The largest absolute Gasteiger partial charge is 0.497 e. The number of nitrogens with one attached hydrogen (secondary N) is 1. The highest BCUT2D eigenvalue weighted by atomic mass is 16.5. The average molecular weight is 258 g/mol. The second kappa shape index (κ2) is 5.52. The van der Waals surface area contributed by atoms with Crippen molar-refractivity contribution in [3.63, 3.8) is 0 Å². The van der Waals surface area contributed by atoms with E-state index in [1.807, 2.05) is 43.3 Å². The van der Waals surface area contributed by atoms with Crippen LogP contribution in [0.15, 0.2) is 36.4 Å². The van der Waals surface area contributed by atoms with Crippen LogP contribution in [-0.2, 0) is 0 Å². The summed E-state index contributed by atoms with van der Waals surface area (Å²) in [6.07, 6.45) is 0. The number of ether oxygens (including phenoxy) is 2. The molecule has 0 aromatic heterocycles. The third kappa shape index (κ3) is 2.91. The van der Waals surface area contributed by atoms with Crippen LogP contribution < -0.4 is 20.5 Å². The van der Waals surface area contributed by atoms with E-state index in [9.17, 15) is 0 Å². The Labute approximate surface area is 113 Å². The fourth-order valence-corrected chi connectivity index (χ4v) is 1.83. The van der Waals surface area contributed by atoms with Crippen LogP contribution in [0.25, 0.3) is 0 Å². The number of methoxy groups -OCH3 is 2. The van der Waals surface area contributed by atoms with Crippen molar-refractivity contribution in [2.45, 2.75) is 6.92 Å². The van der Waals surface area contributed by atoms with Gasteiger partial charge in [-0.15, -0.1) is 0 Å². The summed E-state index contributed by atoms with van der Waals surface area (Å²) in [6.45, 7) is 2.02. The molecule has 0 amide bonds. The number of nitrogens with two attached hydrogens (primary N) is 1. The highest BCUT2D eigenvalue weighted by molar-refractivity contribution is 5.76. The normalized spacial score (nSPS) is 10.1. The molecule has 0 aliphatic carbocycles. The number of anilines is 3. The zero-order valence-electron chi connectivity index (χ0n) is 11.4. The first-order chi connectivity index (χ1) is 9.13. The quantitative estimate of drug-likeness (QED) is 0.826. The molecule has 3 N–H and O–H groups in total. The lowest BCUT2D eigenvalue weighted by atomic mass is 10.2. The Hall–Kier alpha value is -2.36. The van der Waals surface area contributed by atoms with Crippen molar-refractivity contribution in [1.29, 1.82) is 0 Å². The molecule has 2 rings (SSSR count). The number of hydrogen-bond donors (Lipinski definition) is 2. The summed E-state index contributed by atoms with van der Waals surface area (Å²) >= 11 is 0. The van der Waals surface area contributed by atoms with Crippen LogP contribution in [0, 0.1) is 6.92 Å². The van der Waals surface area contributed by atoms with E-state index in [-0.39, 0.29) is 0 Å². The zero-order valence-corrected chi connectivity index (χ0v) is 11.4. The number of rotatable bonds is 4. The number of hydrogen-bond acceptors (Lipinski definition) is 4. The molecule has 0 heterocycles. The van der Waals surface area contributed by atoms with Crippen LogP contribution in [0.2, 0.25) is 0 Å². The summed E-state index contributed by atoms with van der Waals surface area (Å²) in [5, 5.41) is 3.28. The van der Waals surface area contributed by atoms with Gasteiger partial charge in [0.25, 0.3) is 0 Å². The lowest BCUT2D eigenvalue weighted by molar-refractivity contribution is 0.395. The molecule has 4 heteroatoms. The highest BCUT2D eigenvalue weighted by Gasteiger charge is 2.07. The number of aryl methyl sites for hydroxylation is 1. The highest BCUT2D eigenvalue weighted by Crippen LogP contribution is 2.33. The monoisotopic (exact) mass is 258 g/mol. The van der Waals surface area contributed by atoms with Gasteiger partial charge in [-0.1, -0.05) is 6.07 Å². The molecule has 0 fully saturated rings. The smallest absolute Gasteiger partial charge is 0.145 e. The van der Waals surface area contributed by atoms with E-state index in [1.54, 1.807) is 14.2 Å². The van der Waals surface area contributed by atoms with E-state index in [1.165, 1.54) is 0 Å². The van der Waals surface area contributed by atoms with Crippen LogP contribution in [0.1, 0.15) is 5.56 Å². The fourth-order valence-electron chi connectivity index (χ4n) is 1.83. The second-order valence-corrected chi connectivity index (χ2v) is 4.28. The molecule has 0 saturated heterocycles. The van der Waals surface area contributed by atoms with Gasteiger partial charge in [-0.25, -0.2) is 0 Å². The molecule has 0 radical (unpaired) electrons. The zero-order chi connectivity index (χ0) is 13.8. The number of nitrogen functional groups attached to an aromatic ring is 1. The third-order valence-corrected chi connectivity index (χ3v) is 2.89. The van der Waals surface area contributed by atoms with Gasteiger partial charge in [-0.2, -0.15) is 0 Å². The lowest BCUT2D eigenvalue weighted by Gasteiger charge is -2.14. The van der Waals surface area contributed by atoms with Crippen molar-refractivity contribution in [3.8, 4) is 11.5 Å². The molecule has 0 unspecified atom stereocenters. The van der Waals surface area contributed by atoms with Gasteiger partial charge in [0.05, 0.1) is 31.3 Å². The van der Waals surface area contributed by atoms with Crippen LogP contribution in [0.5, 0.6) is 11.5 Å². The van der Waals surface area contributed by atoms with Gasteiger partial charge in [0.2, 0.25) is 0 Å². The van der Waals surface area contributed by atoms with Crippen molar-refractivity contribution < 1.29 is 9.47 Å². The molecule has 19 heavy (non-hydrogen) atoms. The summed E-state index contributed by atoms with van der Waals surface area (Å²) in [5.41, 5.74) is 9.51. The average Bonchev–Trinajstić information content (AvgIpc) is 2.43. The molecule has 0 saturated carbocycles. The minimum absolute atomic E-state index is 0.698. The maximum atomic E-state index is 5.96. The van der Waals surface area contributed by atoms with Crippen molar-refractivity contribution >= 4 is 17.1 Å². The Bertz CT molecular complexity index is 582. The maximum absolute atomic E-state index is 5.96. The molecular weight excluding hydrogens is 240 g/mol. The lowest BCUT2D eigenvalue weighted by Crippen LogP contribution is -1.99. The molecule has 0 aliphatic rings. The van der Waals surface area contributed by atoms with Crippen molar-refractivity contribution in [1.82, 2.24) is 0 Å². The van der Waals surface area contributed by atoms with Crippen molar-refractivity contribution in [2.75, 3.05) is 25.3 Å². The van der Waals surface area contributed by atoms with Gasteiger partial charge < -0.3 is 20.5 Å². The van der Waals surface area contributed by atoms with Crippen LogP contribution in [0.3, 0.4) is 0 Å². The van der Waals surface area contributed by atoms with Crippen molar-refractivity contribution in [3.05, 3.63) is 42.0 Å². The summed E-state index contributed by atoms with van der Waals surface area (Å²) in [7, 11) is 3.25. The first-order valence-corrected chi connectivity index (χ1v) is 5.99. The SMILES string of the molecule is COc1ccc(Nc2cc(C)ccc2N)c(OC)c1. The summed E-state index contributed by atoms with van der Waals surface area (Å²) in [5.74, 6) is 1.46. The predicted molar refractivity (Wildman–Crippen MR) is 78.4 cm³/mol. The van der Waals surface area contributed by atoms with E-state index in [4.69, 9.17) is 15.2 Å². The molecule has 0 aliphatic heterocycles. The van der Waals surface area contributed by atoms with E-state index in [2.05, 4.69) is 5.32 Å². The minimum atomic E-state index is 0.698. The first-order valence-electron chi connectivity index (χ1n) is 5.99. The summed E-state index contributed by atoms with van der Waals surface area (Å²) < 4.78 is 10.5. The van der Waals surface area contributed by atoms with E-state index < -0.39 is 0 Å². The molecule has 2 aromatic rings. The molecular formula is C15H18N2O2. The third-order valence-electron chi connectivity index (χ3n) is 2.89. The first kappa shape index (κ1) is 13.1. The molecule has 0 spiro atoms. The molecule has 0 bridgehead atoms. The molecule has 100 valence electrons. The van der Waals surface area contributed by atoms with E-state index in [0.29, 0.717) is 11.4 Å².